The third-order valence-electron chi connectivity index (χ3n) is 3.24. The van der Waals surface area contributed by atoms with Gasteiger partial charge in [-0.1, -0.05) is 0 Å². The fourth-order valence-corrected chi connectivity index (χ4v) is 2.27. The van der Waals surface area contributed by atoms with E-state index in [-0.39, 0.29) is 0 Å². The van der Waals surface area contributed by atoms with Gasteiger partial charge < -0.3 is 4.98 Å². The smallest absolute Gasteiger partial charge is 0.160 e. The molecule has 0 unspecified atom stereocenters. The van der Waals surface area contributed by atoms with Crippen LogP contribution in [-0.2, 0) is 0 Å². The highest BCUT2D eigenvalue weighted by molar-refractivity contribution is 5.76. The van der Waals surface area contributed by atoms with E-state index in [1.807, 2.05) is 35.7 Å². The summed E-state index contributed by atoms with van der Waals surface area (Å²) < 4.78 is 1.86. The molecule has 1 N–H and O–H groups in total. The van der Waals surface area contributed by atoms with Crippen molar-refractivity contribution in [2.75, 3.05) is 0 Å². The predicted molar refractivity (Wildman–Crippen MR) is 76.3 cm³/mol. The van der Waals surface area contributed by atoms with Crippen molar-refractivity contribution in [2.45, 2.75) is 6.92 Å². The molecular formula is C14H11N7. The maximum atomic E-state index is 4.44. The summed E-state index contributed by atoms with van der Waals surface area (Å²) in [5.41, 5.74) is 4.29. The van der Waals surface area contributed by atoms with Crippen molar-refractivity contribution in [3.63, 3.8) is 0 Å². The molecule has 0 aliphatic heterocycles. The molecule has 4 heterocycles. The number of pyridine rings is 1. The van der Waals surface area contributed by atoms with Gasteiger partial charge in [0.2, 0.25) is 0 Å². The second-order valence-electron chi connectivity index (χ2n) is 4.63. The molecule has 21 heavy (non-hydrogen) atoms. The maximum Gasteiger partial charge on any atom is 0.160 e. The van der Waals surface area contributed by atoms with Gasteiger partial charge in [0.15, 0.2) is 5.65 Å². The minimum absolute atomic E-state index is 0.724. The zero-order valence-electron chi connectivity index (χ0n) is 11.2. The van der Waals surface area contributed by atoms with Crippen molar-refractivity contribution >= 4 is 5.65 Å². The number of nitrogens with one attached hydrogen (secondary N) is 1. The zero-order valence-corrected chi connectivity index (χ0v) is 11.2. The van der Waals surface area contributed by atoms with Crippen molar-refractivity contribution in [3.05, 3.63) is 49.1 Å². The molecule has 4 aromatic rings. The van der Waals surface area contributed by atoms with Crippen molar-refractivity contribution in [1.82, 2.24) is 34.5 Å². The lowest BCUT2D eigenvalue weighted by Gasteiger charge is -2.04. The van der Waals surface area contributed by atoms with E-state index in [4.69, 9.17) is 0 Å². The Kier molecular flexibility index (Phi) is 2.50. The third-order valence-corrected chi connectivity index (χ3v) is 3.24. The van der Waals surface area contributed by atoms with E-state index in [0.29, 0.717) is 0 Å². The van der Waals surface area contributed by atoms with Gasteiger partial charge in [-0.15, -0.1) is 10.2 Å². The van der Waals surface area contributed by atoms with Gasteiger partial charge in [0.1, 0.15) is 12.2 Å². The molecule has 0 saturated carbocycles. The summed E-state index contributed by atoms with van der Waals surface area (Å²) in [6, 6.07) is 5.74. The summed E-state index contributed by atoms with van der Waals surface area (Å²) in [6.07, 6.45) is 7.02. The van der Waals surface area contributed by atoms with Crippen LogP contribution < -0.4 is 0 Å². The maximum absolute atomic E-state index is 4.44. The SMILES string of the molecule is Cc1nccc(-c2[nH]cnc2-c2ccc3nncn3c2)n1. The van der Waals surface area contributed by atoms with E-state index in [2.05, 4.69) is 30.1 Å². The fourth-order valence-electron chi connectivity index (χ4n) is 2.27. The molecule has 0 fully saturated rings. The van der Waals surface area contributed by atoms with Crippen LogP contribution in [0, 0.1) is 6.92 Å². The average Bonchev–Trinajstić information content (AvgIpc) is 3.15. The number of aromatic nitrogens is 7. The highest BCUT2D eigenvalue weighted by Crippen LogP contribution is 2.27. The summed E-state index contributed by atoms with van der Waals surface area (Å²) in [5, 5.41) is 7.88. The summed E-state index contributed by atoms with van der Waals surface area (Å²) in [4.78, 5) is 16.1. The van der Waals surface area contributed by atoms with Crippen LogP contribution in [0.3, 0.4) is 0 Å². The number of H-pyrrole nitrogens is 1. The van der Waals surface area contributed by atoms with Crippen LogP contribution in [0.1, 0.15) is 5.82 Å². The number of nitrogens with zero attached hydrogens (tertiary/aromatic N) is 6. The summed E-state index contributed by atoms with van der Waals surface area (Å²) >= 11 is 0. The molecular weight excluding hydrogens is 266 g/mol. The standard InChI is InChI=1S/C14H11N7/c1-9-15-5-4-11(19-9)14-13(16-7-17-14)10-2-3-12-20-18-8-21(12)6-10/h2-8H,1H3,(H,16,17). The van der Waals surface area contributed by atoms with Crippen LogP contribution in [0.15, 0.2) is 43.2 Å². The summed E-state index contributed by atoms with van der Waals surface area (Å²) in [6.45, 7) is 1.86. The van der Waals surface area contributed by atoms with Crippen LogP contribution in [0.25, 0.3) is 28.3 Å². The first-order valence-corrected chi connectivity index (χ1v) is 6.44. The van der Waals surface area contributed by atoms with Crippen molar-refractivity contribution in [3.8, 4) is 22.6 Å². The minimum atomic E-state index is 0.724. The van der Waals surface area contributed by atoms with E-state index in [1.165, 1.54) is 0 Å². The Balaban J connectivity index is 1.88. The molecule has 0 amide bonds. The first-order chi connectivity index (χ1) is 10.3. The molecule has 0 radical (unpaired) electrons. The Morgan fingerprint density at radius 2 is 2.10 bits per heavy atom. The van der Waals surface area contributed by atoms with Gasteiger partial charge in [0.25, 0.3) is 0 Å². The van der Waals surface area contributed by atoms with E-state index >= 15 is 0 Å². The second kappa shape index (κ2) is 4.48. The molecule has 0 aliphatic carbocycles. The Morgan fingerprint density at radius 1 is 1.14 bits per heavy atom. The molecule has 0 spiro atoms. The van der Waals surface area contributed by atoms with Crippen LogP contribution in [0.2, 0.25) is 0 Å². The zero-order chi connectivity index (χ0) is 14.2. The minimum Gasteiger partial charge on any atom is -0.343 e. The molecule has 0 aliphatic rings. The van der Waals surface area contributed by atoms with Gasteiger partial charge in [0, 0.05) is 18.0 Å². The number of aromatic amines is 1. The van der Waals surface area contributed by atoms with Crippen molar-refractivity contribution < 1.29 is 0 Å². The first-order valence-electron chi connectivity index (χ1n) is 6.44. The van der Waals surface area contributed by atoms with Gasteiger partial charge in [-0.25, -0.2) is 15.0 Å². The summed E-state index contributed by atoms with van der Waals surface area (Å²) in [5.74, 6) is 0.724. The van der Waals surface area contributed by atoms with E-state index in [1.54, 1.807) is 18.9 Å². The molecule has 7 nitrogen and oxygen atoms in total. The first kappa shape index (κ1) is 11.7. The van der Waals surface area contributed by atoms with Crippen LogP contribution in [-0.4, -0.2) is 34.5 Å². The van der Waals surface area contributed by atoms with Crippen LogP contribution in [0.4, 0.5) is 0 Å². The Bertz CT molecular complexity index is 922. The van der Waals surface area contributed by atoms with Gasteiger partial charge in [-0.3, -0.25) is 4.40 Å². The fraction of sp³-hybridized carbons (Fsp3) is 0.0714. The Morgan fingerprint density at radius 3 is 3.00 bits per heavy atom. The topological polar surface area (TPSA) is 84.6 Å². The largest absolute Gasteiger partial charge is 0.343 e. The van der Waals surface area contributed by atoms with Gasteiger partial charge in [-0.05, 0) is 25.1 Å². The molecule has 4 rings (SSSR count). The molecule has 0 saturated heterocycles. The highest BCUT2D eigenvalue weighted by atomic mass is 15.2. The quantitative estimate of drug-likeness (QED) is 0.604. The average molecular weight is 277 g/mol. The molecule has 4 aromatic heterocycles. The lowest BCUT2D eigenvalue weighted by molar-refractivity contribution is 1.05. The molecule has 0 atom stereocenters. The molecule has 102 valence electrons. The van der Waals surface area contributed by atoms with Gasteiger partial charge >= 0.3 is 0 Å². The molecule has 7 heteroatoms. The molecule has 0 bridgehead atoms. The summed E-state index contributed by atoms with van der Waals surface area (Å²) in [7, 11) is 0. The third kappa shape index (κ3) is 1.95. The van der Waals surface area contributed by atoms with Crippen molar-refractivity contribution in [2.24, 2.45) is 0 Å². The number of hydrogen-bond acceptors (Lipinski definition) is 5. The van der Waals surface area contributed by atoms with Gasteiger partial charge in [-0.2, -0.15) is 0 Å². The Hall–Kier alpha value is -3.09. The van der Waals surface area contributed by atoms with E-state index in [0.717, 1.165) is 34.1 Å². The van der Waals surface area contributed by atoms with Crippen molar-refractivity contribution in [1.29, 1.82) is 0 Å². The molecule has 0 aromatic carbocycles. The van der Waals surface area contributed by atoms with Crippen LogP contribution in [0.5, 0.6) is 0 Å². The van der Waals surface area contributed by atoms with E-state index in [9.17, 15) is 0 Å². The normalized spacial score (nSPS) is 11.1. The number of imidazole rings is 1. The van der Waals surface area contributed by atoms with E-state index < -0.39 is 0 Å². The number of rotatable bonds is 2. The lowest BCUT2D eigenvalue weighted by atomic mass is 10.1. The lowest BCUT2D eigenvalue weighted by Crippen LogP contribution is -1.93. The Labute approximate surface area is 119 Å². The second-order valence-corrected chi connectivity index (χ2v) is 4.63. The predicted octanol–water partition coefficient (Wildman–Crippen LogP) is 1.88. The van der Waals surface area contributed by atoms with Crippen LogP contribution >= 0.6 is 0 Å². The number of fused-ring (bicyclic) bond motifs is 1. The monoisotopic (exact) mass is 277 g/mol. The highest BCUT2D eigenvalue weighted by Gasteiger charge is 2.12. The number of hydrogen-bond donors (Lipinski definition) is 1. The number of aryl methyl sites for hydroxylation is 1. The van der Waals surface area contributed by atoms with Gasteiger partial charge in [0.05, 0.1) is 23.4 Å².